The Balaban J connectivity index is 2.17. The molecule has 0 aliphatic carbocycles. The number of likely N-dealkylation sites (N-methyl/N-ethyl adjacent to an activating group) is 1. The lowest BCUT2D eigenvalue weighted by atomic mass is 9.66. The molecule has 0 aromatic heterocycles. The average Bonchev–Trinajstić information content (AvgIpc) is 3.38. The van der Waals surface area contributed by atoms with E-state index in [0.717, 1.165) is 6.42 Å². The van der Waals surface area contributed by atoms with Crippen molar-refractivity contribution in [2.24, 2.45) is 17.8 Å². The number of hydrogen-bond acceptors (Lipinski definition) is 5. The molecule has 0 saturated carbocycles. The number of likely N-dealkylation sites (tertiary alicyclic amines) is 1. The number of fused-ring (bicyclic) bond motifs is 1. The summed E-state index contributed by atoms with van der Waals surface area (Å²) in [4.78, 5) is 47.0. The minimum atomic E-state index is -1.10. The van der Waals surface area contributed by atoms with Crippen LogP contribution in [0, 0.1) is 17.8 Å². The van der Waals surface area contributed by atoms with Gasteiger partial charge in [-0.1, -0.05) is 32.4 Å². The molecule has 3 amide bonds. The largest absolute Gasteiger partial charge is 0.394 e. The van der Waals surface area contributed by atoms with Crippen LogP contribution < -0.4 is 0 Å². The Bertz CT molecular complexity index is 875. The van der Waals surface area contributed by atoms with Crippen LogP contribution in [0.3, 0.4) is 0 Å². The summed E-state index contributed by atoms with van der Waals surface area (Å²) in [7, 11) is 1.70. The van der Waals surface area contributed by atoms with Crippen LogP contribution in [0.1, 0.15) is 53.9 Å². The molecule has 3 saturated heterocycles. The molecule has 35 heavy (non-hydrogen) atoms. The van der Waals surface area contributed by atoms with Crippen LogP contribution >= 0.6 is 0 Å². The standard InChI is InChI=1S/C27H43N3O5/c1-9-14-28(8)23(32)20-21-24(33)30(19(16-31)18(6)11-3)22(25(34)29(15-10-2)17(4)5)27(21)13-12-26(20,7)35-27/h9-10,17-22,31H,1-2,11-16H2,3-8H3/t18-,19-,20-,21-,22?,26+,27?/m0/s1. The highest BCUT2D eigenvalue weighted by Gasteiger charge is 2.79. The summed E-state index contributed by atoms with van der Waals surface area (Å²) in [6.45, 7) is 17.7. The van der Waals surface area contributed by atoms with Crippen molar-refractivity contribution in [2.45, 2.75) is 83.2 Å². The van der Waals surface area contributed by atoms with Gasteiger partial charge in [0.1, 0.15) is 11.6 Å². The Kier molecular flexibility index (Phi) is 7.87. The lowest BCUT2D eigenvalue weighted by molar-refractivity contribution is -0.158. The van der Waals surface area contributed by atoms with Gasteiger partial charge in [0.15, 0.2) is 0 Å². The molecule has 3 aliphatic rings. The molecular weight excluding hydrogens is 446 g/mol. The van der Waals surface area contributed by atoms with Crippen LogP contribution in [0.25, 0.3) is 0 Å². The van der Waals surface area contributed by atoms with Crippen molar-refractivity contribution >= 4 is 17.7 Å². The number of nitrogens with zero attached hydrogens (tertiary/aromatic N) is 3. The molecule has 3 fully saturated rings. The average molecular weight is 490 g/mol. The van der Waals surface area contributed by atoms with Crippen LogP contribution in [0.5, 0.6) is 0 Å². The van der Waals surface area contributed by atoms with E-state index in [4.69, 9.17) is 4.74 Å². The molecular formula is C27H43N3O5. The summed E-state index contributed by atoms with van der Waals surface area (Å²) in [6.07, 6.45) is 5.16. The first kappa shape index (κ1) is 27.4. The molecule has 8 nitrogen and oxygen atoms in total. The predicted molar refractivity (Wildman–Crippen MR) is 134 cm³/mol. The third-order valence-electron chi connectivity index (χ3n) is 8.57. The van der Waals surface area contributed by atoms with Crippen LogP contribution in [0.2, 0.25) is 0 Å². The summed E-state index contributed by atoms with van der Waals surface area (Å²) in [5.41, 5.74) is -1.93. The number of aliphatic hydroxyl groups excluding tert-OH is 1. The van der Waals surface area contributed by atoms with Gasteiger partial charge in [-0.25, -0.2) is 0 Å². The van der Waals surface area contributed by atoms with Crippen molar-refractivity contribution in [2.75, 3.05) is 26.7 Å². The number of rotatable bonds is 11. The molecule has 2 bridgehead atoms. The molecule has 0 radical (unpaired) electrons. The second-order valence-corrected chi connectivity index (χ2v) is 11.0. The fourth-order valence-electron chi connectivity index (χ4n) is 6.56. The third kappa shape index (κ3) is 4.12. The SMILES string of the molecule is C=CCN(C)C(=O)[C@@H]1[C@H]2C(=O)N([C@@H](CO)[C@@H](C)CC)C(C(=O)N(CC=C)C(C)C)C23CC[C@@]1(C)O3. The van der Waals surface area contributed by atoms with Crippen molar-refractivity contribution in [3.63, 3.8) is 0 Å². The molecule has 2 unspecified atom stereocenters. The van der Waals surface area contributed by atoms with Crippen molar-refractivity contribution < 1.29 is 24.2 Å². The van der Waals surface area contributed by atoms with Gasteiger partial charge in [0.05, 0.1) is 30.1 Å². The summed E-state index contributed by atoms with van der Waals surface area (Å²) in [5, 5.41) is 10.4. The fourth-order valence-corrected chi connectivity index (χ4v) is 6.56. The first-order valence-electron chi connectivity index (χ1n) is 12.9. The van der Waals surface area contributed by atoms with Gasteiger partial charge in [0.2, 0.25) is 17.7 Å². The topological polar surface area (TPSA) is 90.4 Å². The van der Waals surface area contributed by atoms with Crippen LogP contribution in [0.4, 0.5) is 0 Å². The number of carbonyl (C=O) groups is 3. The van der Waals surface area contributed by atoms with E-state index in [1.165, 1.54) is 0 Å². The quantitative estimate of drug-likeness (QED) is 0.450. The van der Waals surface area contributed by atoms with Gasteiger partial charge in [0.25, 0.3) is 0 Å². The van der Waals surface area contributed by atoms with Gasteiger partial charge in [-0.15, -0.1) is 13.2 Å². The van der Waals surface area contributed by atoms with E-state index in [1.807, 2.05) is 34.6 Å². The smallest absolute Gasteiger partial charge is 0.248 e. The molecule has 196 valence electrons. The van der Waals surface area contributed by atoms with Crippen LogP contribution in [-0.2, 0) is 19.1 Å². The highest BCUT2D eigenvalue weighted by atomic mass is 16.5. The minimum Gasteiger partial charge on any atom is -0.394 e. The maximum Gasteiger partial charge on any atom is 0.248 e. The molecule has 8 heteroatoms. The highest BCUT2D eigenvalue weighted by molar-refractivity contribution is 5.99. The van der Waals surface area contributed by atoms with E-state index in [9.17, 15) is 19.5 Å². The third-order valence-corrected chi connectivity index (χ3v) is 8.57. The molecule has 0 aromatic rings. The number of hydrogen-bond donors (Lipinski definition) is 1. The molecule has 3 aliphatic heterocycles. The van der Waals surface area contributed by atoms with Gasteiger partial charge >= 0.3 is 0 Å². The van der Waals surface area contributed by atoms with E-state index in [0.29, 0.717) is 25.9 Å². The summed E-state index contributed by atoms with van der Waals surface area (Å²) >= 11 is 0. The lowest BCUT2D eigenvalue weighted by Gasteiger charge is -2.42. The maximum absolute atomic E-state index is 14.2. The Hall–Kier alpha value is -2.19. The highest BCUT2D eigenvalue weighted by Crippen LogP contribution is 2.64. The van der Waals surface area contributed by atoms with Crippen molar-refractivity contribution in [1.82, 2.24) is 14.7 Å². The molecule has 1 N–H and O–H groups in total. The van der Waals surface area contributed by atoms with E-state index < -0.39 is 35.1 Å². The Morgan fingerprint density at radius 3 is 2.34 bits per heavy atom. The van der Waals surface area contributed by atoms with Crippen molar-refractivity contribution in [3.05, 3.63) is 25.3 Å². The molecule has 0 aromatic carbocycles. The van der Waals surface area contributed by atoms with E-state index in [2.05, 4.69) is 13.2 Å². The van der Waals surface area contributed by atoms with E-state index in [1.54, 1.807) is 33.9 Å². The monoisotopic (exact) mass is 489 g/mol. The van der Waals surface area contributed by atoms with Gasteiger partial charge in [-0.05, 0) is 39.5 Å². The van der Waals surface area contributed by atoms with Gasteiger partial charge in [-0.2, -0.15) is 0 Å². The number of ether oxygens (including phenoxy) is 1. The Morgan fingerprint density at radius 2 is 1.83 bits per heavy atom. The molecule has 7 atom stereocenters. The van der Waals surface area contributed by atoms with Crippen molar-refractivity contribution in [1.29, 1.82) is 0 Å². The number of amides is 3. The molecule has 3 rings (SSSR count). The van der Waals surface area contributed by atoms with Gasteiger partial charge in [0, 0.05) is 26.2 Å². The number of aliphatic hydroxyl groups is 1. The summed E-state index contributed by atoms with van der Waals surface area (Å²) < 4.78 is 6.69. The van der Waals surface area contributed by atoms with Gasteiger partial charge < -0.3 is 24.5 Å². The normalized spacial score (nSPS) is 33.0. The second-order valence-electron chi connectivity index (χ2n) is 11.0. The van der Waals surface area contributed by atoms with Crippen LogP contribution in [-0.4, -0.2) is 93.6 Å². The summed E-state index contributed by atoms with van der Waals surface area (Å²) in [5.74, 6) is -2.15. The second kappa shape index (κ2) is 10.1. The zero-order valence-corrected chi connectivity index (χ0v) is 22.2. The Labute approximate surface area is 210 Å². The minimum absolute atomic E-state index is 0.0354. The molecule has 1 spiro atoms. The van der Waals surface area contributed by atoms with E-state index >= 15 is 0 Å². The lowest BCUT2D eigenvalue weighted by Crippen LogP contribution is -2.60. The van der Waals surface area contributed by atoms with E-state index in [-0.39, 0.29) is 36.3 Å². The first-order valence-corrected chi connectivity index (χ1v) is 12.9. The van der Waals surface area contributed by atoms with Crippen molar-refractivity contribution in [3.8, 4) is 0 Å². The number of carbonyl (C=O) groups excluding carboxylic acids is 3. The molecule has 3 heterocycles. The van der Waals surface area contributed by atoms with Gasteiger partial charge in [-0.3, -0.25) is 14.4 Å². The fraction of sp³-hybridized carbons (Fsp3) is 0.741. The van der Waals surface area contributed by atoms with Crippen LogP contribution in [0.15, 0.2) is 25.3 Å². The first-order chi connectivity index (χ1) is 16.4. The maximum atomic E-state index is 14.2. The predicted octanol–water partition coefficient (Wildman–Crippen LogP) is 2.23. The summed E-state index contributed by atoms with van der Waals surface area (Å²) in [6, 6.07) is -1.57. The zero-order valence-electron chi connectivity index (χ0n) is 22.2. The zero-order chi connectivity index (χ0) is 26.3. The Morgan fingerprint density at radius 1 is 1.20 bits per heavy atom.